The number of thioether (sulfide) groups is 1. The molecule has 4 heterocycles. The number of carbonyl (C=O) groups is 1. The normalized spacial score (nSPS) is 17.6. The quantitative estimate of drug-likeness (QED) is 0.359. The second-order valence-corrected chi connectivity index (χ2v) is 10.7. The Hall–Kier alpha value is -3.01. The number of anilines is 1. The van der Waals surface area contributed by atoms with E-state index < -0.39 is 0 Å². The van der Waals surface area contributed by atoms with Crippen molar-refractivity contribution in [3.8, 4) is 5.69 Å². The topological polar surface area (TPSA) is 76.3 Å². The highest BCUT2D eigenvalue weighted by Gasteiger charge is 2.32. The van der Waals surface area contributed by atoms with Crippen molar-refractivity contribution in [2.75, 3.05) is 36.8 Å². The number of carbonyl (C=O) groups excluding carboxylic acids is 1. The van der Waals surface area contributed by atoms with Crippen LogP contribution in [0.4, 0.5) is 5.69 Å². The maximum atomic E-state index is 13.4. The molecule has 2 aliphatic heterocycles. The summed E-state index contributed by atoms with van der Waals surface area (Å²) in [6.45, 7) is 2.68. The number of fused-ring (bicyclic) bond motifs is 2. The van der Waals surface area contributed by atoms with E-state index in [0.29, 0.717) is 45.1 Å². The van der Waals surface area contributed by atoms with Gasteiger partial charge in [-0.1, -0.05) is 53.2 Å². The lowest BCUT2D eigenvalue weighted by Crippen LogP contribution is -2.49. The molecule has 1 saturated heterocycles. The molecule has 8 nitrogen and oxygen atoms in total. The Morgan fingerprint density at radius 3 is 2.64 bits per heavy atom. The van der Waals surface area contributed by atoms with Crippen molar-refractivity contribution in [3.63, 3.8) is 0 Å². The van der Waals surface area contributed by atoms with Gasteiger partial charge in [0.2, 0.25) is 5.91 Å². The van der Waals surface area contributed by atoms with Crippen LogP contribution in [-0.4, -0.2) is 62.1 Å². The minimum Gasteiger partial charge on any atom is -0.367 e. The van der Waals surface area contributed by atoms with Gasteiger partial charge < -0.3 is 9.80 Å². The summed E-state index contributed by atoms with van der Waals surface area (Å²) in [5.74, 6) is 0.680. The van der Waals surface area contributed by atoms with Crippen LogP contribution < -0.4 is 10.5 Å². The van der Waals surface area contributed by atoms with Gasteiger partial charge in [0.05, 0.1) is 28.6 Å². The van der Waals surface area contributed by atoms with E-state index in [1.165, 1.54) is 18.0 Å². The summed E-state index contributed by atoms with van der Waals surface area (Å²) in [4.78, 5) is 35.4. The van der Waals surface area contributed by atoms with Crippen LogP contribution in [0.15, 0.2) is 64.7 Å². The van der Waals surface area contributed by atoms with Gasteiger partial charge in [-0.2, -0.15) is 5.10 Å². The van der Waals surface area contributed by atoms with Crippen LogP contribution in [0.2, 0.25) is 10.0 Å². The van der Waals surface area contributed by atoms with Gasteiger partial charge in [-0.25, -0.2) is 9.67 Å². The zero-order valence-corrected chi connectivity index (χ0v) is 21.5. The van der Waals surface area contributed by atoms with Gasteiger partial charge in [0, 0.05) is 43.4 Å². The Kier molecular flexibility index (Phi) is 6.15. The summed E-state index contributed by atoms with van der Waals surface area (Å²) in [5, 5.41) is 6.72. The molecule has 0 spiro atoms. The average molecular weight is 541 g/mol. The monoisotopic (exact) mass is 540 g/mol. The first-order valence-corrected chi connectivity index (χ1v) is 13.4. The van der Waals surface area contributed by atoms with E-state index in [0.717, 1.165) is 24.5 Å². The predicted molar refractivity (Wildman–Crippen MR) is 143 cm³/mol. The van der Waals surface area contributed by atoms with Crippen molar-refractivity contribution >= 4 is 57.6 Å². The summed E-state index contributed by atoms with van der Waals surface area (Å²) in [7, 11) is 0. The maximum absolute atomic E-state index is 13.4. The molecule has 0 radical (unpaired) electrons. The van der Waals surface area contributed by atoms with Crippen LogP contribution in [0, 0.1) is 0 Å². The zero-order chi connectivity index (χ0) is 24.8. The standard InChI is InChI=1S/C25H22Cl2N6O2S/c26-16-4-3-5-17(12-16)33-23-19(14-28-33)24(35)32-18(15-36-25(32)29-23)13-22(34)31-10-8-30(9-11-31)21-7-2-1-6-20(21)27/h1-7,12,14,18H,8-11,13,15H2. The first-order chi connectivity index (χ1) is 17.5. The SMILES string of the molecule is O=C(CC1CSc2nc3c(cnn3-c3cccc(Cl)c3)c(=O)n21)N1CCN(c2ccccc2Cl)CC1. The van der Waals surface area contributed by atoms with Gasteiger partial charge in [-0.3, -0.25) is 14.2 Å². The summed E-state index contributed by atoms with van der Waals surface area (Å²) < 4.78 is 3.29. The van der Waals surface area contributed by atoms with Crippen molar-refractivity contribution < 1.29 is 4.79 Å². The van der Waals surface area contributed by atoms with Crippen LogP contribution in [0.1, 0.15) is 12.5 Å². The molecule has 2 aromatic carbocycles. The van der Waals surface area contributed by atoms with Crippen molar-refractivity contribution in [2.24, 2.45) is 0 Å². The Labute approximate surface area is 221 Å². The molecule has 4 aromatic rings. The maximum Gasteiger partial charge on any atom is 0.265 e. The molecule has 2 aliphatic rings. The van der Waals surface area contributed by atoms with Gasteiger partial charge >= 0.3 is 0 Å². The summed E-state index contributed by atoms with van der Waals surface area (Å²) in [6, 6.07) is 14.8. The summed E-state index contributed by atoms with van der Waals surface area (Å²) in [5.41, 5.74) is 2.05. The lowest BCUT2D eigenvalue weighted by molar-refractivity contribution is -0.132. The smallest absolute Gasteiger partial charge is 0.265 e. The molecule has 184 valence electrons. The van der Waals surface area contributed by atoms with Gasteiger partial charge in [0.25, 0.3) is 5.56 Å². The molecule has 0 N–H and O–H groups in total. The lowest BCUT2D eigenvalue weighted by atomic mass is 10.1. The van der Waals surface area contributed by atoms with Crippen LogP contribution in [0.25, 0.3) is 16.7 Å². The summed E-state index contributed by atoms with van der Waals surface area (Å²) >= 11 is 14.0. The highest BCUT2D eigenvalue weighted by molar-refractivity contribution is 7.99. The molecule has 0 bridgehead atoms. The highest BCUT2D eigenvalue weighted by Crippen LogP contribution is 2.34. The predicted octanol–water partition coefficient (Wildman–Crippen LogP) is 4.27. The second kappa shape index (κ2) is 9.46. The second-order valence-electron chi connectivity index (χ2n) is 8.83. The molecule has 11 heteroatoms. The van der Waals surface area contributed by atoms with Crippen molar-refractivity contribution in [2.45, 2.75) is 17.6 Å². The van der Waals surface area contributed by atoms with Gasteiger partial charge in [0.15, 0.2) is 10.8 Å². The molecule has 0 saturated carbocycles. The third kappa shape index (κ3) is 4.15. The van der Waals surface area contributed by atoms with E-state index in [-0.39, 0.29) is 23.9 Å². The Balaban J connectivity index is 1.19. The van der Waals surface area contributed by atoms with Crippen LogP contribution in [-0.2, 0) is 4.79 Å². The third-order valence-corrected chi connectivity index (χ3v) is 8.31. The number of benzene rings is 2. The average Bonchev–Trinajstić information content (AvgIpc) is 3.49. The minimum absolute atomic E-state index is 0.0499. The number of hydrogen-bond donors (Lipinski definition) is 0. The van der Waals surface area contributed by atoms with Crippen molar-refractivity contribution in [3.05, 3.63) is 75.1 Å². The molecule has 1 fully saturated rings. The van der Waals surface area contributed by atoms with E-state index in [9.17, 15) is 9.59 Å². The fraction of sp³-hybridized carbons (Fsp3) is 0.280. The van der Waals surface area contributed by atoms with E-state index in [1.54, 1.807) is 21.4 Å². The number of hydrogen-bond acceptors (Lipinski definition) is 6. The molecule has 1 unspecified atom stereocenters. The number of rotatable bonds is 4. The number of aromatic nitrogens is 4. The van der Waals surface area contributed by atoms with E-state index >= 15 is 0 Å². The number of halogens is 2. The zero-order valence-electron chi connectivity index (χ0n) is 19.2. The first-order valence-electron chi connectivity index (χ1n) is 11.7. The number of amides is 1. The largest absolute Gasteiger partial charge is 0.367 e. The van der Waals surface area contributed by atoms with Crippen LogP contribution in [0.3, 0.4) is 0 Å². The van der Waals surface area contributed by atoms with E-state index in [1.807, 2.05) is 41.3 Å². The Morgan fingerprint density at radius 1 is 1.06 bits per heavy atom. The number of piperazine rings is 1. The molecular weight excluding hydrogens is 519 g/mol. The Morgan fingerprint density at radius 2 is 1.86 bits per heavy atom. The molecule has 1 atom stereocenters. The van der Waals surface area contributed by atoms with Crippen molar-refractivity contribution in [1.82, 2.24) is 24.2 Å². The molecule has 2 aromatic heterocycles. The fourth-order valence-corrected chi connectivity index (χ4v) is 6.38. The van der Waals surface area contributed by atoms with Gasteiger partial charge in [0.1, 0.15) is 5.39 Å². The van der Waals surface area contributed by atoms with Gasteiger partial charge in [-0.15, -0.1) is 0 Å². The highest BCUT2D eigenvalue weighted by atomic mass is 35.5. The Bertz CT molecular complexity index is 1530. The number of para-hydroxylation sites is 1. The molecular formula is C25H22Cl2N6O2S. The minimum atomic E-state index is -0.238. The van der Waals surface area contributed by atoms with Crippen LogP contribution in [0.5, 0.6) is 0 Å². The fourth-order valence-electron chi connectivity index (χ4n) is 4.81. The van der Waals surface area contributed by atoms with Crippen LogP contribution >= 0.6 is 35.0 Å². The molecule has 6 rings (SSSR count). The van der Waals surface area contributed by atoms with Crippen molar-refractivity contribution in [1.29, 1.82) is 0 Å². The van der Waals surface area contributed by atoms with Gasteiger partial charge in [-0.05, 0) is 30.3 Å². The lowest BCUT2D eigenvalue weighted by Gasteiger charge is -2.37. The summed E-state index contributed by atoms with van der Waals surface area (Å²) in [6.07, 6.45) is 1.80. The van der Waals surface area contributed by atoms with E-state index in [4.69, 9.17) is 28.2 Å². The first kappa shape index (κ1) is 23.4. The molecule has 1 amide bonds. The van der Waals surface area contributed by atoms with E-state index in [2.05, 4.69) is 10.00 Å². The number of nitrogens with zero attached hydrogens (tertiary/aromatic N) is 6. The third-order valence-electron chi connectivity index (χ3n) is 6.66. The molecule has 0 aliphatic carbocycles. The molecule has 36 heavy (non-hydrogen) atoms.